The molecule has 2 fully saturated rings. The summed E-state index contributed by atoms with van der Waals surface area (Å²) in [5.41, 5.74) is 3.13. The molecule has 6 nitrogen and oxygen atoms in total. The summed E-state index contributed by atoms with van der Waals surface area (Å²) in [5.74, 6) is 1.70. The highest BCUT2D eigenvalue weighted by Crippen LogP contribution is 2.29. The van der Waals surface area contributed by atoms with Gasteiger partial charge in [-0.3, -0.25) is 9.80 Å². The molecular weight excluding hydrogens is 440 g/mol. The Morgan fingerprint density at radius 3 is 2.34 bits per heavy atom. The Bertz CT molecular complexity index is 958. The van der Waals surface area contributed by atoms with Gasteiger partial charge in [0.15, 0.2) is 0 Å². The van der Waals surface area contributed by atoms with Crippen molar-refractivity contribution in [2.24, 2.45) is 0 Å². The van der Waals surface area contributed by atoms with E-state index >= 15 is 0 Å². The Labute approximate surface area is 210 Å². The second-order valence-electron chi connectivity index (χ2n) is 10.5. The van der Waals surface area contributed by atoms with Crippen LogP contribution in [0, 0.1) is 20.8 Å². The minimum atomic E-state index is -1.31. The summed E-state index contributed by atoms with van der Waals surface area (Å²) in [6.07, 6.45) is 3.66. The van der Waals surface area contributed by atoms with Gasteiger partial charge in [-0.1, -0.05) is 30.7 Å². The number of aliphatic hydroxyl groups is 2. The van der Waals surface area contributed by atoms with Gasteiger partial charge in [-0.15, -0.1) is 0 Å². The van der Waals surface area contributed by atoms with E-state index in [0.717, 1.165) is 47.9 Å². The fourth-order valence-corrected chi connectivity index (χ4v) is 5.19. The predicted octanol–water partition coefficient (Wildman–Crippen LogP) is 3.85. The first-order chi connectivity index (χ1) is 16.8. The van der Waals surface area contributed by atoms with Crippen LogP contribution in [0.5, 0.6) is 11.5 Å². The summed E-state index contributed by atoms with van der Waals surface area (Å²) in [6.45, 7) is 12.1. The summed E-state index contributed by atoms with van der Waals surface area (Å²) < 4.78 is 12.1. The molecule has 6 heteroatoms. The van der Waals surface area contributed by atoms with E-state index in [4.69, 9.17) is 9.47 Å². The van der Waals surface area contributed by atoms with E-state index in [2.05, 4.69) is 34.9 Å². The number of nitrogens with zero attached hydrogens (tertiary/aromatic N) is 2. The molecular formula is C29H42N2O4. The van der Waals surface area contributed by atoms with Crippen molar-refractivity contribution in [3.05, 3.63) is 58.7 Å². The van der Waals surface area contributed by atoms with Crippen molar-refractivity contribution >= 4 is 0 Å². The summed E-state index contributed by atoms with van der Waals surface area (Å²) >= 11 is 0. The van der Waals surface area contributed by atoms with E-state index in [1.807, 2.05) is 32.0 Å². The van der Waals surface area contributed by atoms with Crippen LogP contribution >= 0.6 is 0 Å². The van der Waals surface area contributed by atoms with E-state index in [1.165, 1.54) is 37.9 Å². The second-order valence-corrected chi connectivity index (χ2v) is 10.5. The monoisotopic (exact) mass is 482 g/mol. The minimum absolute atomic E-state index is 0.0690. The summed E-state index contributed by atoms with van der Waals surface area (Å²) in [7, 11) is 0. The fraction of sp³-hybridized carbons (Fsp3) is 0.586. The first kappa shape index (κ1) is 26.0. The van der Waals surface area contributed by atoms with Crippen molar-refractivity contribution in [2.45, 2.75) is 64.7 Å². The third kappa shape index (κ3) is 6.76. The van der Waals surface area contributed by atoms with Gasteiger partial charge in [0.05, 0.1) is 6.10 Å². The molecule has 0 radical (unpaired) electrons. The van der Waals surface area contributed by atoms with Crippen molar-refractivity contribution in [3.63, 3.8) is 0 Å². The van der Waals surface area contributed by atoms with Gasteiger partial charge >= 0.3 is 0 Å². The van der Waals surface area contributed by atoms with Crippen molar-refractivity contribution in [1.82, 2.24) is 9.80 Å². The van der Waals surface area contributed by atoms with Gasteiger partial charge in [0.1, 0.15) is 30.3 Å². The van der Waals surface area contributed by atoms with E-state index in [-0.39, 0.29) is 6.61 Å². The lowest BCUT2D eigenvalue weighted by molar-refractivity contribution is -0.140. The Morgan fingerprint density at radius 1 is 0.886 bits per heavy atom. The number of likely N-dealkylation sites (tertiary alicyclic amines) is 2. The van der Waals surface area contributed by atoms with Crippen LogP contribution in [-0.4, -0.2) is 77.7 Å². The number of ether oxygens (including phenoxy) is 2. The van der Waals surface area contributed by atoms with Gasteiger partial charge in [0.25, 0.3) is 0 Å². The number of benzene rings is 2. The molecule has 0 amide bonds. The van der Waals surface area contributed by atoms with Crippen LogP contribution < -0.4 is 9.47 Å². The third-order valence-corrected chi connectivity index (χ3v) is 7.63. The van der Waals surface area contributed by atoms with Crippen LogP contribution in [-0.2, 0) is 6.54 Å². The number of hydrogen-bond donors (Lipinski definition) is 2. The lowest BCUT2D eigenvalue weighted by atomic mass is 9.90. The molecule has 0 spiro atoms. The normalized spacial score (nSPS) is 23.9. The Hall–Kier alpha value is -2.12. The molecule has 0 aliphatic carbocycles. The second kappa shape index (κ2) is 11.7. The maximum absolute atomic E-state index is 11.3. The Balaban J connectivity index is 1.29. The molecule has 2 aromatic carbocycles. The van der Waals surface area contributed by atoms with Gasteiger partial charge in [-0.2, -0.15) is 0 Å². The van der Waals surface area contributed by atoms with Crippen LogP contribution in [0.1, 0.15) is 47.9 Å². The maximum Gasteiger partial charge on any atom is 0.137 e. The van der Waals surface area contributed by atoms with Crippen LogP contribution in [0.2, 0.25) is 0 Å². The van der Waals surface area contributed by atoms with E-state index in [0.29, 0.717) is 19.5 Å². The van der Waals surface area contributed by atoms with E-state index in [9.17, 15) is 10.2 Å². The zero-order valence-electron chi connectivity index (χ0n) is 21.6. The molecule has 0 bridgehead atoms. The number of piperidine rings is 2. The first-order valence-corrected chi connectivity index (χ1v) is 13.1. The van der Waals surface area contributed by atoms with E-state index < -0.39 is 11.7 Å². The average Bonchev–Trinajstić information content (AvgIpc) is 2.86. The molecule has 0 aromatic heterocycles. The predicted molar refractivity (Wildman–Crippen MR) is 139 cm³/mol. The topological polar surface area (TPSA) is 65.4 Å². The molecule has 2 aliphatic rings. The van der Waals surface area contributed by atoms with Gasteiger partial charge < -0.3 is 19.7 Å². The van der Waals surface area contributed by atoms with Crippen LogP contribution in [0.3, 0.4) is 0 Å². The van der Waals surface area contributed by atoms with Gasteiger partial charge in [0.2, 0.25) is 0 Å². The molecule has 2 N–H and O–H groups in total. The highest BCUT2D eigenvalue weighted by molar-refractivity contribution is 5.44. The van der Waals surface area contributed by atoms with E-state index in [1.54, 1.807) is 0 Å². The van der Waals surface area contributed by atoms with Gasteiger partial charge in [0, 0.05) is 26.2 Å². The summed E-state index contributed by atoms with van der Waals surface area (Å²) in [4.78, 5) is 4.67. The van der Waals surface area contributed by atoms with Crippen molar-refractivity contribution in [3.8, 4) is 11.5 Å². The molecule has 2 aliphatic heterocycles. The Morgan fingerprint density at radius 2 is 1.60 bits per heavy atom. The largest absolute Gasteiger partial charge is 0.492 e. The van der Waals surface area contributed by atoms with Crippen LogP contribution in [0.4, 0.5) is 0 Å². The van der Waals surface area contributed by atoms with Crippen molar-refractivity contribution < 1.29 is 19.7 Å². The van der Waals surface area contributed by atoms with Gasteiger partial charge in [-0.05, 0) is 87.5 Å². The molecule has 4 rings (SSSR count). The number of hydrogen-bond acceptors (Lipinski definition) is 6. The lowest BCUT2D eigenvalue weighted by Gasteiger charge is -2.42. The molecule has 2 saturated heterocycles. The SMILES string of the molecule is Cc1ccc(C)c(OC[C@@]2(O)CN(Cc3ccc(OCCN4CCCCC4)cc3)CC[C@@H]2O)c1C. The molecule has 2 aromatic rings. The molecule has 192 valence electrons. The highest BCUT2D eigenvalue weighted by atomic mass is 16.5. The molecule has 2 atom stereocenters. The lowest BCUT2D eigenvalue weighted by Crippen LogP contribution is -2.59. The quantitative estimate of drug-likeness (QED) is 0.566. The van der Waals surface area contributed by atoms with Crippen LogP contribution in [0.15, 0.2) is 36.4 Å². The standard InChI is InChI=1S/C29H42N2O4/c1-22-7-8-23(2)28(24(22)3)35-21-29(33)20-31(16-13-27(29)32)19-25-9-11-26(12-10-25)34-18-17-30-14-5-4-6-15-30/h7-12,27,32-33H,4-6,13-21H2,1-3H3/t27-,29-/m0/s1. The van der Waals surface area contributed by atoms with Crippen LogP contribution in [0.25, 0.3) is 0 Å². The summed E-state index contributed by atoms with van der Waals surface area (Å²) in [5, 5.41) is 21.9. The zero-order chi connectivity index (χ0) is 24.8. The van der Waals surface area contributed by atoms with Crippen molar-refractivity contribution in [2.75, 3.05) is 45.9 Å². The van der Waals surface area contributed by atoms with Gasteiger partial charge in [-0.25, -0.2) is 0 Å². The third-order valence-electron chi connectivity index (χ3n) is 7.63. The molecule has 35 heavy (non-hydrogen) atoms. The molecule has 2 heterocycles. The zero-order valence-corrected chi connectivity index (χ0v) is 21.6. The maximum atomic E-state index is 11.3. The summed E-state index contributed by atoms with van der Waals surface area (Å²) in [6, 6.07) is 12.4. The number of aryl methyl sites for hydroxylation is 2. The fourth-order valence-electron chi connectivity index (χ4n) is 5.19. The smallest absolute Gasteiger partial charge is 0.137 e. The number of aliphatic hydroxyl groups excluding tert-OH is 1. The first-order valence-electron chi connectivity index (χ1n) is 13.1. The highest BCUT2D eigenvalue weighted by Gasteiger charge is 2.42. The Kier molecular flexibility index (Phi) is 8.71. The van der Waals surface area contributed by atoms with Crippen molar-refractivity contribution in [1.29, 1.82) is 0 Å². The molecule has 0 unspecified atom stereocenters. The molecule has 0 saturated carbocycles. The minimum Gasteiger partial charge on any atom is -0.492 e. The number of β-amino-alcohol motifs (C(OH)–C–C–N with tert-alkyl or cyclic N) is 1. The number of rotatable bonds is 9. The average molecular weight is 483 g/mol.